The first-order valence-electron chi connectivity index (χ1n) is 8.77. The number of amides is 1. The third-order valence-electron chi connectivity index (χ3n) is 4.10. The van der Waals surface area contributed by atoms with E-state index in [0.29, 0.717) is 23.4 Å². The predicted octanol–water partition coefficient (Wildman–Crippen LogP) is 4.28. The van der Waals surface area contributed by atoms with Crippen molar-refractivity contribution in [2.45, 2.75) is 40.2 Å². The lowest BCUT2D eigenvalue weighted by atomic mass is 10.1. The predicted molar refractivity (Wildman–Crippen MR) is 102 cm³/mol. The molecule has 0 aromatic heterocycles. The van der Waals surface area contributed by atoms with Gasteiger partial charge in [-0.2, -0.15) is 0 Å². The van der Waals surface area contributed by atoms with Crippen LogP contribution in [0.3, 0.4) is 0 Å². The molecule has 1 amide bonds. The molecule has 26 heavy (non-hydrogen) atoms. The molecule has 2 rings (SSSR count). The van der Waals surface area contributed by atoms with Gasteiger partial charge >= 0.3 is 5.97 Å². The zero-order valence-electron chi connectivity index (χ0n) is 15.7. The summed E-state index contributed by atoms with van der Waals surface area (Å²) in [6, 6.07) is 12.5. The number of aryl methyl sites for hydroxylation is 2. The van der Waals surface area contributed by atoms with E-state index in [1.807, 2.05) is 39.0 Å². The first-order valence-corrected chi connectivity index (χ1v) is 8.77. The number of benzene rings is 2. The summed E-state index contributed by atoms with van der Waals surface area (Å²) in [5.74, 6) is -0.122. The fourth-order valence-electron chi connectivity index (χ4n) is 2.47. The van der Waals surface area contributed by atoms with Crippen LogP contribution in [0.4, 0.5) is 5.69 Å². The number of hydrogen-bond acceptors (Lipinski definition) is 4. The zero-order chi connectivity index (χ0) is 19.1. The van der Waals surface area contributed by atoms with Crippen LogP contribution in [-0.2, 0) is 9.53 Å². The molecule has 2 aromatic carbocycles. The van der Waals surface area contributed by atoms with E-state index in [4.69, 9.17) is 9.47 Å². The molecule has 0 saturated carbocycles. The van der Waals surface area contributed by atoms with E-state index in [1.54, 1.807) is 31.2 Å². The summed E-state index contributed by atoms with van der Waals surface area (Å²) in [5, 5.41) is 2.78. The summed E-state index contributed by atoms with van der Waals surface area (Å²) in [5.41, 5.74) is 3.01. The van der Waals surface area contributed by atoms with E-state index < -0.39 is 12.1 Å². The first-order chi connectivity index (χ1) is 12.5. The lowest BCUT2D eigenvalue weighted by Gasteiger charge is -2.19. The number of hydrogen-bond donors (Lipinski definition) is 1. The van der Waals surface area contributed by atoms with Gasteiger partial charge in [0.2, 0.25) is 0 Å². The van der Waals surface area contributed by atoms with Crippen molar-refractivity contribution in [3.05, 3.63) is 59.2 Å². The normalized spacial score (nSPS) is 11.5. The van der Waals surface area contributed by atoms with Crippen molar-refractivity contribution in [2.24, 2.45) is 0 Å². The Labute approximate surface area is 154 Å². The summed E-state index contributed by atoms with van der Waals surface area (Å²) >= 11 is 0. The maximum atomic E-state index is 12.6. The van der Waals surface area contributed by atoms with Gasteiger partial charge in [-0.1, -0.05) is 25.1 Å². The van der Waals surface area contributed by atoms with E-state index in [0.717, 1.165) is 5.56 Å². The lowest BCUT2D eigenvalue weighted by molar-refractivity contribution is -0.122. The van der Waals surface area contributed by atoms with E-state index >= 15 is 0 Å². The van der Waals surface area contributed by atoms with Crippen LogP contribution >= 0.6 is 0 Å². The van der Waals surface area contributed by atoms with Crippen molar-refractivity contribution >= 4 is 17.6 Å². The van der Waals surface area contributed by atoms with Crippen molar-refractivity contribution < 1.29 is 19.1 Å². The Kier molecular flexibility index (Phi) is 6.78. The Morgan fingerprint density at radius 3 is 2.42 bits per heavy atom. The molecule has 2 aromatic rings. The van der Waals surface area contributed by atoms with Gasteiger partial charge < -0.3 is 14.8 Å². The van der Waals surface area contributed by atoms with Gasteiger partial charge in [0, 0.05) is 0 Å². The maximum absolute atomic E-state index is 12.6. The molecule has 5 heteroatoms. The summed E-state index contributed by atoms with van der Waals surface area (Å²) in [4.78, 5) is 24.7. The molecule has 0 aliphatic carbocycles. The maximum Gasteiger partial charge on any atom is 0.340 e. The van der Waals surface area contributed by atoms with E-state index in [1.165, 1.54) is 5.56 Å². The van der Waals surface area contributed by atoms with Crippen LogP contribution in [-0.4, -0.2) is 24.6 Å². The van der Waals surface area contributed by atoms with Crippen molar-refractivity contribution in [3.8, 4) is 5.75 Å². The van der Waals surface area contributed by atoms with Crippen molar-refractivity contribution in [1.29, 1.82) is 0 Å². The molecule has 0 spiro atoms. The molecule has 0 unspecified atom stereocenters. The minimum atomic E-state index is -0.660. The molecule has 0 aliphatic rings. The highest BCUT2D eigenvalue weighted by Gasteiger charge is 2.21. The number of esters is 1. The van der Waals surface area contributed by atoms with Gasteiger partial charge in [0.25, 0.3) is 5.91 Å². The molecule has 0 radical (unpaired) electrons. The van der Waals surface area contributed by atoms with E-state index in [2.05, 4.69) is 5.32 Å². The number of ether oxygens (including phenoxy) is 2. The Balaban J connectivity index is 2.14. The second kappa shape index (κ2) is 9.04. The number of carbonyl (C=O) groups is 2. The van der Waals surface area contributed by atoms with Crippen LogP contribution in [0.2, 0.25) is 0 Å². The number of para-hydroxylation sites is 1. The molecule has 1 N–H and O–H groups in total. The standard InChI is InChI=1S/C21H25NO4/c1-5-19(26-16-12-11-14(3)15(4)13-16)20(23)22-18-10-8-7-9-17(18)21(24)25-6-2/h7-13,19H,5-6H2,1-4H3,(H,22,23)/t19-/m0/s1. The van der Waals surface area contributed by atoms with Gasteiger partial charge in [-0.15, -0.1) is 0 Å². The van der Waals surface area contributed by atoms with Crippen LogP contribution in [0.5, 0.6) is 5.75 Å². The Morgan fingerprint density at radius 2 is 1.77 bits per heavy atom. The fourth-order valence-corrected chi connectivity index (χ4v) is 2.47. The molecular formula is C21H25NO4. The van der Waals surface area contributed by atoms with Crippen molar-refractivity contribution in [3.63, 3.8) is 0 Å². The Morgan fingerprint density at radius 1 is 1.04 bits per heavy atom. The third kappa shape index (κ3) is 4.85. The molecule has 1 atom stereocenters. The zero-order valence-corrected chi connectivity index (χ0v) is 15.7. The second-order valence-electron chi connectivity index (χ2n) is 6.02. The first kappa shape index (κ1) is 19.5. The summed E-state index contributed by atoms with van der Waals surface area (Å²) in [6.45, 7) is 7.91. The molecule has 0 bridgehead atoms. The van der Waals surface area contributed by atoms with Crippen LogP contribution in [0.15, 0.2) is 42.5 Å². The quantitative estimate of drug-likeness (QED) is 0.753. The number of anilines is 1. The highest BCUT2D eigenvalue weighted by atomic mass is 16.5. The summed E-state index contributed by atoms with van der Waals surface area (Å²) in [6.07, 6.45) is -0.160. The summed E-state index contributed by atoms with van der Waals surface area (Å²) in [7, 11) is 0. The highest BCUT2D eigenvalue weighted by Crippen LogP contribution is 2.21. The summed E-state index contributed by atoms with van der Waals surface area (Å²) < 4.78 is 10.9. The third-order valence-corrected chi connectivity index (χ3v) is 4.10. The molecule has 138 valence electrons. The van der Waals surface area contributed by atoms with Crippen LogP contribution in [0, 0.1) is 13.8 Å². The molecule has 0 saturated heterocycles. The van der Waals surface area contributed by atoms with Gasteiger partial charge in [-0.3, -0.25) is 4.79 Å². The van der Waals surface area contributed by atoms with Crippen molar-refractivity contribution in [2.75, 3.05) is 11.9 Å². The molecule has 5 nitrogen and oxygen atoms in total. The smallest absolute Gasteiger partial charge is 0.340 e. The monoisotopic (exact) mass is 355 g/mol. The minimum Gasteiger partial charge on any atom is -0.481 e. The Bertz CT molecular complexity index is 785. The lowest BCUT2D eigenvalue weighted by Crippen LogP contribution is -2.33. The average molecular weight is 355 g/mol. The van der Waals surface area contributed by atoms with Gasteiger partial charge in [0.15, 0.2) is 6.10 Å². The van der Waals surface area contributed by atoms with Gasteiger partial charge in [-0.05, 0) is 62.6 Å². The number of rotatable bonds is 7. The van der Waals surface area contributed by atoms with Crippen molar-refractivity contribution in [1.82, 2.24) is 0 Å². The van der Waals surface area contributed by atoms with E-state index in [-0.39, 0.29) is 12.5 Å². The average Bonchev–Trinajstić information content (AvgIpc) is 2.63. The van der Waals surface area contributed by atoms with Crippen LogP contribution in [0.1, 0.15) is 41.8 Å². The molecular weight excluding hydrogens is 330 g/mol. The van der Waals surface area contributed by atoms with E-state index in [9.17, 15) is 9.59 Å². The molecule has 0 fully saturated rings. The highest BCUT2D eigenvalue weighted by molar-refractivity contribution is 6.02. The largest absolute Gasteiger partial charge is 0.481 e. The molecule has 0 heterocycles. The SMILES string of the molecule is CCOC(=O)c1ccccc1NC(=O)[C@H](CC)Oc1ccc(C)c(C)c1. The van der Waals surface area contributed by atoms with Gasteiger partial charge in [0.05, 0.1) is 17.9 Å². The minimum absolute atomic E-state index is 0.272. The Hall–Kier alpha value is -2.82. The number of nitrogens with one attached hydrogen (secondary N) is 1. The fraction of sp³-hybridized carbons (Fsp3) is 0.333. The second-order valence-corrected chi connectivity index (χ2v) is 6.02. The molecule has 0 aliphatic heterocycles. The van der Waals surface area contributed by atoms with Gasteiger partial charge in [0.1, 0.15) is 5.75 Å². The number of carbonyl (C=O) groups excluding carboxylic acids is 2. The van der Waals surface area contributed by atoms with Gasteiger partial charge in [-0.25, -0.2) is 4.79 Å². The van der Waals surface area contributed by atoms with Crippen LogP contribution in [0.25, 0.3) is 0 Å². The van der Waals surface area contributed by atoms with Crippen LogP contribution < -0.4 is 10.1 Å². The topological polar surface area (TPSA) is 64.6 Å².